The van der Waals surface area contributed by atoms with Crippen LogP contribution in [-0.4, -0.2) is 31.0 Å². The van der Waals surface area contributed by atoms with Gasteiger partial charge < -0.3 is 29.2 Å². The molecule has 120 valence electrons. The van der Waals surface area contributed by atoms with Gasteiger partial charge in [-0.3, -0.25) is 0 Å². The molecule has 2 aromatic rings. The largest absolute Gasteiger partial charge is 0.504 e. The number of fused-ring (bicyclic) bond motifs is 5. The number of hydrogen-bond donors (Lipinski definition) is 2. The van der Waals surface area contributed by atoms with Gasteiger partial charge in [-0.1, -0.05) is 6.07 Å². The highest BCUT2D eigenvalue weighted by molar-refractivity contribution is 5.61. The Kier molecular flexibility index (Phi) is 2.94. The molecule has 2 aliphatic rings. The molecule has 0 spiro atoms. The Morgan fingerprint density at radius 3 is 2.57 bits per heavy atom. The third-order valence-electron chi connectivity index (χ3n) is 4.39. The van der Waals surface area contributed by atoms with Crippen LogP contribution >= 0.6 is 0 Å². The molecule has 2 N–H and O–H groups in total. The molecule has 2 aromatic carbocycles. The standard InChI is InChI=1S/C17H16O6/c1-20-12-4-3-8-10-7-22-13-6-11(18)14(21-2)5-9(13)16(10)23-17(8)15(12)19/h3-6,10,16,18-19H,7H2,1-2H3. The highest BCUT2D eigenvalue weighted by Gasteiger charge is 2.43. The normalized spacial score (nSPS) is 20.6. The number of methoxy groups -OCH3 is 2. The molecule has 0 fully saturated rings. The van der Waals surface area contributed by atoms with Crippen LogP contribution in [0.15, 0.2) is 24.3 Å². The topological polar surface area (TPSA) is 77.4 Å². The number of phenols is 2. The second kappa shape index (κ2) is 4.87. The van der Waals surface area contributed by atoms with E-state index in [4.69, 9.17) is 18.9 Å². The van der Waals surface area contributed by atoms with E-state index in [0.717, 1.165) is 11.1 Å². The summed E-state index contributed by atoms with van der Waals surface area (Å²) >= 11 is 0. The van der Waals surface area contributed by atoms with Crippen LogP contribution < -0.4 is 18.9 Å². The maximum atomic E-state index is 10.3. The zero-order valence-electron chi connectivity index (χ0n) is 12.7. The third kappa shape index (κ3) is 1.87. The highest BCUT2D eigenvalue weighted by Crippen LogP contribution is 2.56. The van der Waals surface area contributed by atoms with Crippen molar-refractivity contribution >= 4 is 0 Å². The molecule has 0 saturated carbocycles. The molecule has 2 aliphatic heterocycles. The van der Waals surface area contributed by atoms with Crippen LogP contribution in [0.4, 0.5) is 0 Å². The van der Waals surface area contributed by atoms with Crippen LogP contribution in [0.25, 0.3) is 0 Å². The fourth-order valence-electron chi connectivity index (χ4n) is 3.23. The Labute approximate surface area is 132 Å². The van der Waals surface area contributed by atoms with Crippen LogP contribution in [0.2, 0.25) is 0 Å². The van der Waals surface area contributed by atoms with E-state index in [0.29, 0.717) is 29.6 Å². The maximum Gasteiger partial charge on any atom is 0.201 e. The van der Waals surface area contributed by atoms with Crippen molar-refractivity contribution in [2.75, 3.05) is 20.8 Å². The van der Waals surface area contributed by atoms with E-state index in [2.05, 4.69) is 0 Å². The summed E-state index contributed by atoms with van der Waals surface area (Å²) in [5.41, 5.74) is 1.66. The lowest BCUT2D eigenvalue weighted by atomic mass is 9.89. The molecule has 0 saturated heterocycles. The molecule has 0 radical (unpaired) electrons. The van der Waals surface area contributed by atoms with Gasteiger partial charge in [0.25, 0.3) is 0 Å². The van der Waals surface area contributed by atoms with Gasteiger partial charge in [0.2, 0.25) is 5.75 Å². The number of aromatic hydroxyl groups is 2. The average molecular weight is 316 g/mol. The van der Waals surface area contributed by atoms with E-state index < -0.39 is 0 Å². The smallest absolute Gasteiger partial charge is 0.201 e. The van der Waals surface area contributed by atoms with Gasteiger partial charge in [-0.2, -0.15) is 0 Å². The summed E-state index contributed by atoms with van der Waals surface area (Å²) in [6, 6.07) is 6.83. The van der Waals surface area contributed by atoms with Gasteiger partial charge in [0.1, 0.15) is 11.9 Å². The van der Waals surface area contributed by atoms with Crippen molar-refractivity contribution in [1.82, 2.24) is 0 Å². The molecule has 0 amide bonds. The Morgan fingerprint density at radius 2 is 1.83 bits per heavy atom. The Balaban J connectivity index is 1.81. The predicted octanol–water partition coefficient (Wildman–Crippen LogP) is 2.72. The van der Waals surface area contributed by atoms with Crippen molar-refractivity contribution in [3.05, 3.63) is 35.4 Å². The van der Waals surface area contributed by atoms with Gasteiger partial charge in [-0.05, 0) is 12.1 Å². The second-order valence-corrected chi connectivity index (χ2v) is 5.55. The third-order valence-corrected chi connectivity index (χ3v) is 4.39. The van der Waals surface area contributed by atoms with Crippen LogP contribution in [0.5, 0.6) is 34.5 Å². The van der Waals surface area contributed by atoms with E-state index in [1.807, 2.05) is 6.07 Å². The first-order valence-electron chi connectivity index (χ1n) is 7.24. The fraction of sp³-hybridized carbons (Fsp3) is 0.294. The Morgan fingerprint density at radius 1 is 1.04 bits per heavy atom. The second-order valence-electron chi connectivity index (χ2n) is 5.55. The van der Waals surface area contributed by atoms with Crippen LogP contribution in [0, 0.1) is 0 Å². The first-order valence-corrected chi connectivity index (χ1v) is 7.24. The Bertz CT molecular complexity index is 785. The zero-order chi connectivity index (χ0) is 16.1. The lowest BCUT2D eigenvalue weighted by molar-refractivity contribution is 0.136. The van der Waals surface area contributed by atoms with E-state index in [-0.39, 0.29) is 23.5 Å². The number of benzene rings is 2. The molecule has 23 heavy (non-hydrogen) atoms. The zero-order valence-corrected chi connectivity index (χ0v) is 12.7. The van der Waals surface area contributed by atoms with E-state index >= 15 is 0 Å². The molecule has 0 aromatic heterocycles. The summed E-state index contributed by atoms with van der Waals surface area (Å²) in [4.78, 5) is 0. The number of rotatable bonds is 2. The number of ether oxygens (including phenoxy) is 4. The molecule has 0 bridgehead atoms. The van der Waals surface area contributed by atoms with Crippen LogP contribution in [0.3, 0.4) is 0 Å². The monoisotopic (exact) mass is 316 g/mol. The molecule has 2 unspecified atom stereocenters. The molecule has 6 heteroatoms. The van der Waals surface area contributed by atoms with E-state index in [1.165, 1.54) is 20.3 Å². The van der Waals surface area contributed by atoms with E-state index in [1.54, 1.807) is 12.1 Å². The van der Waals surface area contributed by atoms with Gasteiger partial charge >= 0.3 is 0 Å². The first kappa shape index (κ1) is 13.9. The summed E-state index contributed by atoms with van der Waals surface area (Å²) in [6.45, 7) is 0.405. The van der Waals surface area contributed by atoms with Crippen LogP contribution in [-0.2, 0) is 0 Å². The summed E-state index contributed by atoms with van der Waals surface area (Å²) < 4.78 is 22.1. The minimum atomic E-state index is -0.304. The van der Waals surface area contributed by atoms with E-state index in [9.17, 15) is 10.2 Å². The Hall–Kier alpha value is -2.76. The lowest BCUT2D eigenvalue weighted by Gasteiger charge is -2.28. The molecule has 2 heterocycles. The number of phenolic OH excluding ortho intramolecular Hbond substituents is 2. The molecular formula is C17H16O6. The summed E-state index contributed by atoms with van der Waals surface area (Å²) in [5, 5.41) is 20.2. The van der Waals surface area contributed by atoms with Crippen molar-refractivity contribution < 1.29 is 29.2 Å². The van der Waals surface area contributed by atoms with Gasteiger partial charge in [0.05, 0.1) is 26.7 Å². The maximum absolute atomic E-state index is 10.3. The molecule has 4 rings (SSSR count). The van der Waals surface area contributed by atoms with Gasteiger partial charge in [-0.25, -0.2) is 0 Å². The van der Waals surface area contributed by atoms with Crippen LogP contribution in [0.1, 0.15) is 23.1 Å². The molecule has 2 atom stereocenters. The minimum absolute atomic E-state index is 0.00769. The van der Waals surface area contributed by atoms with Crippen molar-refractivity contribution in [1.29, 1.82) is 0 Å². The predicted molar refractivity (Wildman–Crippen MR) is 80.9 cm³/mol. The quantitative estimate of drug-likeness (QED) is 0.887. The summed E-state index contributed by atoms with van der Waals surface area (Å²) in [5.74, 6) is 1.67. The summed E-state index contributed by atoms with van der Waals surface area (Å²) in [6.07, 6.45) is -0.304. The lowest BCUT2D eigenvalue weighted by Crippen LogP contribution is -2.23. The van der Waals surface area contributed by atoms with Crippen molar-refractivity contribution in [2.45, 2.75) is 12.0 Å². The number of hydrogen-bond acceptors (Lipinski definition) is 6. The SMILES string of the molecule is COc1cc2c(cc1O)OCC1c3ccc(OC)c(O)c3OC21. The summed E-state index contributed by atoms with van der Waals surface area (Å²) in [7, 11) is 2.99. The van der Waals surface area contributed by atoms with Crippen molar-refractivity contribution in [3.63, 3.8) is 0 Å². The average Bonchev–Trinajstić information content (AvgIpc) is 2.94. The van der Waals surface area contributed by atoms with Gasteiger partial charge in [0.15, 0.2) is 23.0 Å². The first-order chi connectivity index (χ1) is 11.1. The van der Waals surface area contributed by atoms with Gasteiger partial charge in [-0.15, -0.1) is 0 Å². The highest BCUT2D eigenvalue weighted by atomic mass is 16.5. The fourth-order valence-corrected chi connectivity index (χ4v) is 3.23. The molecular weight excluding hydrogens is 300 g/mol. The minimum Gasteiger partial charge on any atom is -0.504 e. The van der Waals surface area contributed by atoms with Crippen molar-refractivity contribution in [2.24, 2.45) is 0 Å². The van der Waals surface area contributed by atoms with Gasteiger partial charge in [0, 0.05) is 17.2 Å². The molecule has 0 aliphatic carbocycles. The van der Waals surface area contributed by atoms with Crippen molar-refractivity contribution in [3.8, 4) is 34.5 Å². The molecule has 6 nitrogen and oxygen atoms in total.